The maximum absolute atomic E-state index is 12.5. The summed E-state index contributed by atoms with van der Waals surface area (Å²) in [7, 11) is 0. The standard InChI is InChI=1S/C19H30N2O5/c1-12(2)10-17(21-19(24)26-13(3)4)18(23)20-14(5)11-25-16-8-6-15(22)7-9-16/h6-9,12-14,17,22H,10-11H2,1-5H3,(H,20,23)(H,21,24). The number of hydrogen-bond acceptors (Lipinski definition) is 5. The highest BCUT2D eigenvalue weighted by atomic mass is 16.6. The topological polar surface area (TPSA) is 96.9 Å². The third-order valence-corrected chi connectivity index (χ3v) is 3.38. The van der Waals surface area contributed by atoms with Gasteiger partial charge < -0.3 is 25.2 Å². The number of alkyl carbamates (subject to hydrolysis) is 1. The van der Waals surface area contributed by atoms with Crippen LogP contribution in [0.15, 0.2) is 24.3 Å². The third kappa shape index (κ3) is 8.60. The molecule has 1 aromatic rings. The van der Waals surface area contributed by atoms with Crippen LogP contribution in [0.4, 0.5) is 4.79 Å². The van der Waals surface area contributed by atoms with E-state index >= 15 is 0 Å². The van der Waals surface area contributed by atoms with Crippen molar-refractivity contribution in [3.63, 3.8) is 0 Å². The van der Waals surface area contributed by atoms with Gasteiger partial charge in [-0.15, -0.1) is 0 Å². The zero-order chi connectivity index (χ0) is 19.7. The average molecular weight is 366 g/mol. The van der Waals surface area contributed by atoms with E-state index < -0.39 is 12.1 Å². The fraction of sp³-hybridized carbons (Fsp3) is 0.579. The van der Waals surface area contributed by atoms with Crippen LogP contribution in [0.3, 0.4) is 0 Å². The van der Waals surface area contributed by atoms with E-state index in [9.17, 15) is 14.7 Å². The molecule has 0 spiro atoms. The summed E-state index contributed by atoms with van der Waals surface area (Å²) in [5.74, 6) is 0.714. The van der Waals surface area contributed by atoms with Crippen LogP contribution >= 0.6 is 0 Å². The Balaban J connectivity index is 2.54. The van der Waals surface area contributed by atoms with Gasteiger partial charge in [0.25, 0.3) is 0 Å². The normalized spacial score (nSPS) is 13.2. The van der Waals surface area contributed by atoms with Crippen LogP contribution in [0.5, 0.6) is 11.5 Å². The summed E-state index contributed by atoms with van der Waals surface area (Å²) in [5.41, 5.74) is 0. The van der Waals surface area contributed by atoms with Crippen molar-refractivity contribution in [2.24, 2.45) is 5.92 Å². The molecule has 7 nitrogen and oxygen atoms in total. The first kappa shape index (κ1) is 21.6. The largest absolute Gasteiger partial charge is 0.508 e. The maximum Gasteiger partial charge on any atom is 0.408 e. The van der Waals surface area contributed by atoms with Gasteiger partial charge in [0.15, 0.2) is 0 Å². The fourth-order valence-electron chi connectivity index (χ4n) is 2.24. The molecular weight excluding hydrogens is 336 g/mol. The van der Waals surface area contributed by atoms with Gasteiger partial charge in [-0.1, -0.05) is 13.8 Å². The number of amides is 2. The SMILES string of the molecule is CC(C)CC(NC(=O)OC(C)C)C(=O)NC(C)COc1ccc(O)cc1. The summed E-state index contributed by atoms with van der Waals surface area (Å²) in [6.45, 7) is 9.54. The molecule has 0 bridgehead atoms. The van der Waals surface area contributed by atoms with Crippen molar-refractivity contribution in [2.75, 3.05) is 6.61 Å². The monoisotopic (exact) mass is 366 g/mol. The Hall–Kier alpha value is -2.44. The summed E-state index contributed by atoms with van der Waals surface area (Å²) in [5, 5.41) is 14.7. The molecule has 0 heterocycles. The molecule has 0 aliphatic rings. The number of ether oxygens (including phenoxy) is 2. The molecule has 0 saturated carbocycles. The van der Waals surface area contributed by atoms with Crippen LogP contribution in [0.1, 0.15) is 41.0 Å². The zero-order valence-corrected chi connectivity index (χ0v) is 16.1. The molecule has 1 rings (SSSR count). The van der Waals surface area contributed by atoms with E-state index in [1.807, 2.05) is 20.8 Å². The minimum atomic E-state index is -0.669. The van der Waals surface area contributed by atoms with Gasteiger partial charge in [-0.3, -0.25) is 4.79 Å². The Kier molecular flexibility index (Phi) is 8.75. The van der Waals surface area contributed by atoms with Crippen molar-refractivity contribution in [1.29, 1.82) is 0 Å². The van der Waals surface area contributed by atoms with E-state index in [4.69, 9.17) is 9.47 Å². The number of nitrogens with one attached hydrogen (secondary N) is 2. The van der Waals surface area contributed by atoms with E-state index in [1.165, 1.54) is 12.1 Å². The molecule has 1 aromatic carbocycles. The van der Waals surface area contributed by atoms with Gasteiger partial charge in [-0.25, -0.2) is 4.79 Å². The van der Waals surface area contributed by atoms with Gasteiger partial charge in [-0.2, -0.15) is 0 Å². The molecule has 2 unspecified atom stereocenters. The summed E-state index contributed by atoms with van der Waals surface area (Å²) >= 11 is 0. The van der Waals surface area contributed by atoms with E-state index in [0.29, 0.717) is 12.2 Å². The Morgan fingerprint density at radius 3 is 2.19 bits per heavy atom. The van der Waals surface area contributed by atoms with Crippen molar-refractivity contribution in [3.8, 4) is 11.5 Å². The Bertz CT molecular complexity index is 572. The van der Waals surface area contributed by atoms with E-state index in [0.717, 1.165) is 0 Å². The van der Waals surface area contributed by atoms with Crippen LogP contribution in [-0.2, 0) is 9.53 Å². The quantitative estimate of drug-likeness (QED) is 0.624. The van der Waals surface area contributed by atoms with Gasteiger partial charge in [0, 0.05) is 0 Å². The molecule has 146 valence electrons. The summed E-state index contributed by atoms with van der Waals surface area (Å²) in [6.07, 6.45) is -0.353. The molecule has 0 radical (unpaired) electrons. The number of carbonyl (C=O) groups is 2. The first-order valence-corrected chi connectivity index (χ1v) is 8.86. The molecule has 2 atom stereocenters. The van der Waals surface area contributed by atoms with Crippen LogP contribution in [0, 0.1) is 5.92 Å². The second-order valence-corrected chi connectivity index (χ2v) is 7.00. The molecule has 26 heavy (non-hydrogen) atoms. The highest BCUT2D eigenvalue weighted by molar-refractivity contribution is 5.85. The van der Waals surface area contributed by atoms with Crippen molar-refractivity contribution in [1.82, 2.24) is 10.6 Å². The lowest BCUT2D eigenvalue weighted by Gasteiger charge is -2.23. The minimum absolute atomic E-state index is 0.162. The smallest absolute Gasteiger partial charge is 0.408 e. The van der Waals surface area contributed by atoms with Crippen molar-refractivity contribution >= 4 is 12.0 Å². The Labute approximate surface area is 155 Å². The maximum atomic E-state index is 12.5. The first-order valence-electron chi connectivity index (χ1n) is 8.86. The molecule has 0 fully saturated rings. The molecule has 7 heteroatoms. The summed E-state index contributed by atoms with van der Waals surface area (Å²) in [4.78, 5) is 24.3. The van der Waals surface area contributed by atoms with Crippen LogP contribution in [0.2, 0.25) is 0 Å². The van der Waals surface area contributed by atoms with Crippen LogP contribution in [-0.4, -0.2) is 41.9 Å². The molecule has 0 aliphatic carbocycles. The summed E-state index contributed by atoms with van der Waals surface area (Å²) in [6, 6.07) is 5.43. The number of aromatic hydroxyl groups is 1. The highest BCUT2D eigenvalue weighted by Gasteiger charge is 2.24. The molecule has 0 saturated heterocycles. The lowest BCUT2D eigenvalue weighted by atomic mass is 10.0. The second-order valence-electron chi connectivity index (χ2n) is 7.00. The van der Waals surface area contributed by atoms with Gasteiger partial charge in [0.1, 0.15) is 24.1 Å². The van der Waals surface area contributed by atoms with Crippen LogP contribution in [0.25, 0.3) is 0 Å². The molecular formula is C19H30N2O5. The number of phenolic OH excluding ortho intramolecular Hbond substituents is 1. The molecule has 0 aromatic heterocycles. The molecule has 3 N–H and O–H groups in total. The highest BCUT2D eigenvalue weighted by Crippen LogP contribution is 2.16. The lowest BCUT2D eigenvalue weighted by molar-refractivity contribution is -0.124. The second kappa shape index (κ2) is 10.5. The van der Waals surface area contributed by atoms with Crippen molar-refractivity contribution in [2.45, 2.75) is 59.2 Å². The van der Waals surface area contributed by atoms with Gasteiger partial charge >= 0.3 is 6.09 Å². The Morgan fingerprint density at radius 2 is 1.65 bits per heavy atom. The van der Waals surface area contributed by atoms with Gasteiger partial charge in [0.05, 0.1) is 12.1 Å². The van der Waals surface area contributed by atoms with Crippen molar-refractivity contribution in [3.05, 3.63) is 24.3 Å². The van der Waals surface area contributed by atoms with E-state index in [1.54, 1.807) is 26.0 Å². The number of hydrogen-bond donors (Lipinski definition) is 3. The number of carbonyl (C=O) groups excluding carboxylic acids is 2. The number of rotatable bonds is 9. The number of phenols is 1. The van der Waals surface area contributed by atoms with Crippen molar-refractivity contribution < 1.29 is 24.2 Å². The van der Waals surface area contributed by atoms with E-state index in [2.05, 4.69) is 10.6 Å². The fourth-order valence-corrected chi connectivity index (χ4v) is 2.24. The molecule has 0 aliphatic heterocycles. The third-order valence-electron chi connectivity index (χ3n) is 3.38. The van der Waals surface area contributed by atoms with Gasteiger partial charge in [0.2, 0.25) is 5.91 Å². The predicted octanol–water partition coefficient (Wildman–Crippen LogP) is 2.83. The lowest BCUT2D eigenvalue weighted by Crippen LogP contribution is -2.51. The van der Waals surface area contributed by atoms with Crippen LogP contribution < -0.4 is 15.4 Å². The molecule has 2 amide bonds. The van der Waals surface area contributed by atoms with Gasteiger partial charge in [-0.05, 0) is 57.4 Å². The zero-order valence-electron chi connectivity index (χ0n) is 16.1. The average Bonchev–Trinajstić information content (AvgIpc) is 2.52. The number of benzene rings is 1. The minimum Gasteiger partial charge on any atom is -0.508 e. The Morgan fingerprint density at radius 1 is 1.04 bits per heavy atom. The van der Waals surface area contributed by atoms with E-state index in [-0.39, 0.29) is 36.3 Å². The first-order chi connectivity index (χ1) is 12.2. The predicted molar refractivity (Wildman–Crippen MR) is 99.2 cm³/mol. The summed E-state index contributed by atoms with van der Waals surface area (Å²) < 4.78 is 10.6.